The number of hydrogen-bond donors (Lipinski definition) is 2. The van der Waals surface area contributed by atoms with Crippen LogP contribution in [0.3, 0.4) is 0 Å². The number of carbonyl (C=O) groups is 2. The van der Waals surface area contributed by atoms with E-state index in [-0.39, 0.29) is 41.2 Å². The van der Waals surface area contributed by atoms with Crippen molar-refractivity contribution in [3.8, 4) is 0 Å². The summed E-state index contributed by atoms with van der Waals surface area (Å²) >= 11 is 0. The molecule has 1 aliphatic rings. The van der Waals surface area contributed by atoms with Crippen LogP contribution in [-0.2, 0) is 6.54 Å². The molecular formula is C16H17FN4O2. The lowest BCUT2D eigenvalue weighted by Crippen LogP contribution is -2.38. The van der Waals surface area contributed by atoms with Crippen molar-refractivity contribution in [2.75, 3.05) is 0 Å². The highest BCUT2D eigenvalue weighted by molar-refractivity contribution is 5.96. The van der Waals surface area contributed by atoms with Crippen LogP contribution in [0.15, 0.2) is 30.5 Å². The maximum atomic E-state index is 13.0. The molecule has 0 aliphatic carbocycles. The van der Waals surface area contributed by atoms with Crippen molar-refractivity contribution in [3.05, 3.63) is 53.4 Å². The van der Waals surface area contributed by atoms with E-state index in [4.69, 9.17) is 0 Å². The lowest BCUT2D eigenvalue weighted by molar-refractivity contribution is 0.0894. The highest BCUT2D eigenvalue weighted by atomic mass is 19.1. The average Bonchev–Trinajstić information content (AvgIpc) is 2.92. The fourth-order valence-corrected chi connectivity index (χ4v) is 2.53. The van der Waals surface area contributed by atoms with Gasteiger partial charge >= 0.3 is 0 Å². The second-order valence-electron chi connectivity index (χ2n) is 5.81. The Labute approximate surface area is 132 Å². The second kappa shape index (κ2) is 5.83. The van der Waals surface area contributed by atoms with Crippen molar-refractivity contribution in [1.82, 2.24) is 20.2 Å². The monoisotopic (exact) mass is 316 g/mol. The standard InChI is InChI=1S/C16H17FN4O2/c1-9(2)18-15(22)13-8-21-7-12(20-16(23)14(21)19-13)10-3-5-11(17)6-4-10/h3-6,8-9,12H,7H2,1-2H3,(H,18,22)(H,20,23). The number of halogens is 1. The molecule has 1 aliphatic heterocycles. The van der Waals surface area contributed by atoms with Gasteiger partial charge in [0, 0.05) is 18.8 Å². The number of hydrogen-bond acceptors (Lipinski definition) is 3. The lowest BCUT2D eigenvalue weighted by Gasteiger charge is -2.25. The van der Waals surface area contributed by atoms with Crippen molar-refractivity contribution in [1.29, 1.82) is 0 Å². The van der Waals surface area contributed by atoms with Crippen LogP contribution in [-0.4, -0.2) is 27.4 Å². The van der Waals surface area contributed by atoms with Crippen molar-refractivity contribution >= 4 is 11.8 Å². The average molecular weight is 316 g/mol. The van der Waals surface area contributed by atoms with Crippen LogP contribution >= 0.6 is 0 Å². The Kier molecular flexibility index (Phi) is 3.85. The molecule has 2 N–H and O–H groups in total. The van der Waals surface area contributed by atoms with Crippen molar-refractivity contribution < 1.29 is 14.0 Å². The van der Waals surface area contributed by atoms with Gasteiger partial charge in [0.25, 0.3) is 11.8 Å². The molecule has 1 unspecified atom stereocenters. The van der Waals surface area contributed by atoms with E-state index in [9.17, 15) is 14.0 Å². The van der Waals surface area contributed by atoms with Gasteiger partial charge < -0.3 is 15.2 Å². The predicted octanol–water partition coefficient (Wildman–Crippen LogP) is 1.65. The topological polar surface area (TPSA) is 76.0 Å². The molecule has 2 heterocycles. The molecule has 23 heavy (non-hydrogen) atoms. The SMILES string of the molecule is CC(C)NC(=O)c1cn2c(n1)C(=O)NC(c1ccc(F)cc1)C2. The molecule has 0 saturated carbocycles. The Hall–Kier alpha value is -2.70. The first-order valence-electron chi connectivity index (χ1n) is 7.38. The van der Waals surface area contributed by atoms with Gasteiger partial charge in [-0.05, 0) is 31.5 Å². The normalized spacial score (nSPS) is 16.9. The number of fused-ring (bicyclic) bond motifs is 1. The quantitative estimate of drug-likeness (QED) is 0.904. The summed E-state index contributed by atoms with van der Waals surface area (Å²) in [6, 6.07) is 5.68. The van der Waals surface area contributed by atoms with Crippen LogP contribution in [0.4, 0.5) is 4.39 Å². The summed E-state index contributed by atoms with van der Waals surface area (Å²) in [5.74, 6) is -0.786. The summed E-state index contributed by atoms with van der Waals surface area (Å²) in [5, 5.41) is 5.57. The van der Waals surface area contributed by atoms with E-state index in [1.165, 1.54) is 12.1 Å². The van der Waals surface area contributed by atoms with E-state index >= 15 is 0 Å². The lowest BCUT2D eigenvalue weighted by atomic mass is 10.1. The van der Waals surface area contributed by atoms with Gasteiger partial charge in [0.15, 0.2) is 5.82 Å². The van der Waals surface area contributed by atoms with Crippen molar-refractivity contribution in [2.24, 2.45) is 0 Å². The van der Waals surface area contributed by atoms with Crippen molar-refractivity contribution in [3.63, 3.8) is 0 Å². The Morgan fingerprint density at radius 1 is 1.39 bits per heavy atom. The van der Waals surface area contributed by atoms with Gasteiger partial charge in [0.2, 0.25) is 0 Å². The van der Waals surface area contributed by atoms with E-state index in [0.717, 1.165) is 5.56 Å². The Balaban J connectivity index is 1.85. The minimum atomic E-state index is -0.353. The summed E-state index contributed by atoms with van der Waals surface area (Å²) in [5.41, 5.74) is 1.01. The first-order valence-corrected chi connectivity index (χ1v) is 7.38. The third-order valence-electron chi connectivity index (χ3n) is 3.59. The summed E-state index contributed by atoms with van der Waals surface area (Å²) in [6.07, 6.45) is 1.57. The minimum absolute atomic E-state index is 0.0120. The molecule has 3 rings (SSSR count). The molecule has 1 aromatic carbocycles. The Morgan fingerprint density at radius 2 is 2.09 bits per heavy atom. The molecule has 6 nitrogen and oxygen atoms in total. The number of aromatic nitrogens is 2. The third kappa shape index (κ3) is 3.08. The molecule has 0 saturated heterocycles. The third-order valence-corrected chi connectivity index (χ3v) is 3.59. The van der Waals surface area contributed by atoms with Crippen LogP contribution in [0.2, 0.25) is 0 Å². The van der Waals surface area contributed by atoms with Gasteiger partial charge in [0.05, 0.1) is 6.04 Å². The van der Waals surface area contributed by atoms with Crippen LogP contribution in [0.25, 0.3) is 0 Å². The molecule has 1 atom stereocenters. The molecule has 1 aromatic heterocycles. The predicted molar refractivity (Wildman–Crippen MR) is 81.4 cm³/mol. The van der Waals surface area contributed by atoms with E-state index < -0.39 is 0 Å². The maximum absolute atomic E-state index is 13.0. The summed E-state index contributed by atoms with van der Waals surface area (Å²) in [6.45, 7) is 4.14. The first-order chi connectivity index (χ1) is 10.9. The van der Waals surface area contributed by atoms with Crippen LogP contribution in [0.5, 0.6) is 0 Å². The van der Waals surface area contributed by atoms with Gasteiger partial charge in [-0.25, -0.2) is 9.37 Å². The molecule has 120 valence electrons. The first kappa shape index (κ1) is 15.2. The van der Waals surface area contributed by atoms with Gasteiger partial charge in [0.1, 0.15) is 11.5 Å². The maximum Gasteiger partial charge on any atom is 0.287 e. The number of amides is 2. The molecule has 0 fully saturated rings. The van der Waals surface area contributed by atoms with E-state index in [2.05, 4.69) is 15.6 Å². The molecule has 2 amide bonds. The molecule has 0 bridgehead atoms. The summed E-state index contributed by atoms with van der Waals surface area (Å²) in [7, 11) is 0. The van der Waals surface area contributed by atoms with Gasteiger partial charge in [-0.15, -0.1) is 0 Å². The zero-order valence-electron chi connectivity index (χ0n) is 12.8. The fourth-order valence-electron chi connectivity index (χ4n) is 2.53. The number of nitrogens with one attached hydrogen (secondary N) is 2. The van der Waals surface area contributed by atoms with E-state index in [1.807, 2.05) is 13.8 Å². The van der Waals surface area contributed by atoms with Gasteiger partial charge in [-0.2, -0.15) is 0 Å². The summed E-state index contributed by atoms with van der Waals surface area (Å²) < 4.78 is 14.7. The van der Waals surface area contributed by atoms with Crippen molar-refractivity contribution in [2.45, 2.75) is 32.5 Å². The number of rotatable bonds is 3. The number of nitrogens with zero attached hydrogens (tertiary/aromatic N) is 2. The van der Waals surface area contributed by atoms with Crippen LogP contribution in [0.1, 0.15) is 46.6 Å². The van der Waals surface area contributed by atoms with Gasteiger partial charge in [-0.1, -0.05) is 12.1 Å². The summed E-state index contributed by atoms with van der Waals surface area (Å²) in [4.78, 5) is 28.3. The highest BCUT2D eigenvalue weighted by Crippen LogP contribution is 2.21. The number of benzene rings is 1. The van der Waals surface area contributed by atoms with Crippen LogP contribution < -0.4 is 10.6 Å². The molecule has 7 heteroatoms. The Bertz CT molecular complexity index is 752. The second-order valence-corrected chi connectivity index (χ2v) is 5.81. The smallest absolute Gasteiger partial charge is 0.287 e. The highest BCUT2D eigenvalue weighted by Gasteiger charge is 2.28. The number of imidazole rings is 1. The fraction of sp³-hybridized carbons (Fsp3) is 0.312. The van der Waals surface area contributed by atoms with Gasteiger partial charge in [-0.3, -0.25) is 9.59 Å². The van der Waals surface area contributed by atoms with Crippen LogP contribution in [0, 0.1) is 5.82 Å². The molecule has 2 aromatic rings. The van der Waals surface area contributed by atoms with E-state index in [1.54, 1.807) is 22.9 Å². The molecular weight excluding hydrogens is 299 g/mol. The largest absolute Gasteiger partial charge is 0.348 e. The Morgan fingerprint density at radius 3 is 2.74 bits per heavy atom. The zero-order valence-corrected chi connectivity index (χ0v) is 12.8. The molecule has 0 spiro atoms. The zero-order chi connectivity index (χ0) is 16.6. The van der Waals surface area contributed by atoms with E-state index in [0.29, 0.717) is 6.54 Å². The molecule has 0 radical (unpaired) electrons. The number of carbonyl (C=O) groups excluding carboxylic acids is 2. The minimum Gasteiger partial charge on any atom is -0.348 e.